The number of anilines is 1. The van der Waals surface area contributed by atoms with Crippen molar-refractivity contribution in [3.63, 3.8) is 0 Å². The van der Waals surface area contributed by atoms with E-state index in [0.29, 0.717) is 31.1 Å². The highest BCUT2D eigenvalue weighted by Gasteiger charge is 2.13. The molecular formula is C20H24BrNO4. The predicted molar refractivity (Wildman–Crippen MR) is 106 cm³/mol. The maximum absolute atomic E-state index is 11.7. The maximum atomic E-state index is 11.7. The molecule has 0 fully saturated rings. The molecule has 0 atom stereocenters. The van der Waals surface area contributed by atoms with Crippen molar-refractivity contribution in [3.8, 4) is 11.5 Å². The molecule has 0 radical (unpaired) electrons. The van der Waals surface area contributed by atoms with Crippen LogP contribution < -0.4 is 14.8 Å². The van der Waals surface area contributed by atoms with E-state index in [-0.39, 0.29) is 5.97 Å². The van der Waals surface area contributed by atoms with Crippen LogP contribution in [-0.4, -0.2) is 26.3 Å². The third-order valence-corrected chi connectivity index (χ3v) is 4.10. The molecule has 0 amide bonds. The number of halogens is 1. The first-order valence-electron chi connectivity index (χ1n) is 8.59. The molecule has 0 saturated carbocycles. The maximum Gasteiger partial charge on any atom is 0.338 e. The van der Waals surface area contributed by atoms with Crippen molar-refractivity contribution in [2.75, 3.05) is 25.6 Å². The zero-order chi connectivity index (χ0) is 18.9. The van der Waals surface area contributed by atoms with E-state index in [2.05, 4.69) is 28.2 Å². The smallest absolute Gasteiger partial charge is 0.338 e. The highest BCUT2D eigenvalue weighted by molar-refractivity contribution is 9.10. The molecule has 0 aromatic heterocycles. The first-order chi connectivity index (χ1) is 12.6. The summed E-state index contributed by atoms with van der Waals surface area (Å²) in [5.74, 6) is 1.13. The lowest BCUT2D eigenvalue weighted by Crippen LogP contribution is -2.07. The first kappa shape index (κ1) is 20.1. The molecule has 0 saturated heterocycles. The molecule has 5 nitrogen and oxygen atoms in total. The Morgan fingerprint density at radius 2 is 1.88 bits per heavy atom. The molecule has 2 rings (SSSR count). The van der Waals surface area contributed by atoms with Gasteiger partial charge in [-0.1, -0.05) is 22.9 Å². The Kier molecular flexibility index (Phi) is 7.78. The van der Waals surface area contributed by atoms with Crippen molar-refractivity contribution in [2.45, 2.75) is 26.8 Å². The van der Waals surface area contributed by atoms with Gasteiger partial charge in [-0.15, -0.1) is 0 Å². The van der Waals surface area contributed by atoms with E-state index < -0.39 is 0 Å². The van der Waals surface area contributed by atoms with E-state index in [1.165, 1.54) is 0 Å². The van der Waals surface area contributed by atoms with Gasteiger partial charge in [-0.3, -0.25) is 0 Å². The molecule has 0 aliphatic carbocycles. The van der Waals surface area contributed by atoms with Gasteiger partial charge in [0.25, 0.3) is 0 Å². The van der Waals surface area contributed by atoms with Crippen LogP contribution in [0.3, 0.4) is 0 Å². The largest absolute Gasteiger partial charge is 0.493 e. The highest BCUT2D eigenvalue weighted by Crippen LogP contribution is 2.35. The minimum absolute atomic E-state index is 0.314. The van der Waals surface area contributed by atoms with Crippen LogP contribution in [0.4, 0.5) is 5.69 Å². The van der Waals surface area contributed by atoms with E-state index in [4.69, 9.17) is 14.2 Å². The van der Waals surface area contributed by atoms with Crippen LogP contribution in [0.15, 0.2) is 40.9 Å². The lowest BCUT2D eigenvalue weighted by atomic mass is 10.1. The van der Waals surface area contributed by atoms with Gasteiger partial charge in [0.1, 0.15) is 0 Å². The van der Waals surface area contributed by atoms with Crippen LogP contribution >= 0.6 is 15.9 Å². The van der Waals surface area contributed by atoms with Crippen LogP contribution in [0.25, 0.3) is 0 Å². The fourth-order valence-corrected chi connectivity index (χ4v) is 2.89. The molecule has 6 heteroatoms. The fourth-order valence-electron chi connectivity index (χ4n) is 2.41. The van der Waals surface area contributed by atoms with Crippen LogP contribution in [0.5, 0.6) is 11.5 Å². The van der Waals surface area contributed by atoms with Crippen molar-refractivity contribution in [1.29, 1.82) is 0 Å². The van der Waals surface area contributed by atoms with E-state index in [1.807, 2.05) is 24.3 Å². The molecule has 0 heterocycles. The zero-order valence-electron chi connectivity index (χ0n) is 15.3. The molecule has 0 unspecified atom stereocenters. The van der Waals surface area contributed by atoms with Crippen molar-refractivity contribution < 1.29 is 19.0 Å². The second kappa shape index (κ2) is 10.1. The van der Waals surface area contributed by atoms with Gasteiger partial charge in [0.05, 0.1) is 25.9 Å². The number of rotatable bonds is 9. The number of carbonyl (C=O) groups is 1. The summed E-state index contributed by atoms with van der Waals surface area (Å²) >= 11 is 3.51. The Hall–Kier alpha value is -2.21. The summed E-state index contributed by atoms with van der Waals surface area (Å²) < 4.78 is 17.2. The molecule has 0 bridgehead atoms. The third-order valence-electron chi connectivity index (χ3n) is 3.65. The first-order valence-corrected chi connectivity index (χ1v) is 9.38. The van der Waals surface area contributed by atoms with Crippen LogP contribution in [0.1, 0.15) is 36.2 Å². The average Bonchev–Trinajstić information content (AvgIpc) is 2.65. The monoisotopic (exact) mass is 421 g/mol. The minimum Gasteiger partial charge on any atom is -0.493 e. The number of methoxy groups -OCH3 is 1. The molecule has 0 aliphatic heterocycles. The fraction of sp³-hybridized carbons (Fsp3) is 0.350. The Balaban J connectivity index is 2.13. The van der Waals surface area contributed by atoms with E-state index in [0.717, 1.165) is 27.9 Å². The summed E-state index contributed by atoms with van der Waals surface area (Å²) in [5.41, 5.74) is 2.42. The summed E-state index contributed by atoms with van der Waals surface area (Å²) in [6.45, 7) is 5.41. The molecule has 2 aromatic carbocycles. The summed E-state index contributed by atoms with van der Waals surface area (Å²) in [4.78, 5) is 11.7. The molecule has 1 N–H and O–H groups in total. The van der Waals surface area contributed by atoms with Gasteiger partial charge < -0.3 is 19.5 Å². The topological polar surface area (TPSA) is 56.8 Å². The van der Waals surface area contributed by atoms with Crippen LogP contribution in [0.2, 0.25) is 0 Å². The molecule has 2 aromatic rings. The van der Waals surface area contributed by atoms with E-state index in [9.17, 15) is 4.79 Å². The quantitative estimate of drug-likeness (QED) is 0.574. The number of benzene rings is 2. The third kappa shape index (κ3) is 5.39. The summed E-state index contributed by atoms with van der Waals surface area (Å²) in [6.07, 6.45) is 0.918. The summed E-state index contributed by atoms with van der Waals surface area (Å²) in [6, 6.07) is 11.1. The van der Waals surface area contributed by atoms with E-state index in [1.54, 1.807) is 26.2 Å². The van der Waals surface area contributed by atoms with Gasteiger partial charge in [0.15, 0.2) is 11.5 Å². The van der Waals surface area contributed by atoms with Crippen molar-refractivity contribution >= 4 is 27.6 Å². The Morgan fingerprint density at radius 1 is 1.15 bits per heavy atom. The standard InChI is InChI=1S/C20H24BrNO4/c1-4-10-26-19-15(11-16(21)12-18(19)24-3)13-22-17-8-6-14(7-9-17)20(23)25-5-2/h6-9,11-12,22H,4-5,10,13H2,1-3H3. The Morgan fingerprint density at radius 3 is 2.50 bits per heavy atom. The van der Waals surface area contributed by atoms with Crippen molar-refractivity contribution in [2.24, 2.45) is 0 Å². The number of nitrogens with one attached hydrogen (secondary N) is 1. The second-order valence-corrected chi connectivity index (χ2v) is 6.51. The minimum atomic E-state index is -0.314. The summed E-state index contributed by atoms with van der Waals surface area (Å²) in [7, 11) is 1.63. The lowest BCUT2D eigenvalue weighted by Gasteiger charge is -2.16. The van der Waals surface area contributed by atoms with Gasteiger partial charge in [-0.2, -0.15) is 0 Å². The lowest BCUT2D eigenvalue weighted by molar-refractivity contribution is 0.0526. The SMILES string of the molecule is CCCOc1c(CNc2ccc(C(=O)OCC)cc2)cc(Br)cc1OC. The Labute approximate surface area is 162 Å². The zero-order valence-corrected chi connectivity index (χ0v) is 16.9. The van der Waals surface area contributed by atoms with Crippen molar-refractivity contribution in [1.82, 2.24) is 0 Å². The van der Waals surface area contributed by atoms with E-state index >= 15 is 0 Å². The summed E-state index contributed by atoms with van der Waals surface area (Å²) in [5, 5.41) is 3.35. The molecule has 0 spiro atoms. The van der Waals surface area contributed by atoms with Gasteiger partial charge >= 0.3 is 5.97 Å². The van der Waals surface area contributed by atoms with Gasteiger partial charge in [0.2, 0.25) is 0 Å². The second-order valence-electron chi connectivity index (χ2n) is 5.60. The number of esters is 1. The molecular weight excluding hydrogens is 398 g/mol. The highest BCUT2D eigenvalue weighted by atomic mass is 79.9. The molecule has 26 heavy (non-hydrogen) atoms. The Bertz CT molecular complexity index is 731. The number of hydrogen-bond donors (Lipinski definition) is 1. The molecule has 0 aliphatic rings. The van der Waals surface area contributed by atoms with Crippen LogP contribution in [-0.2, 0) is 11.3 Å². The van der Waals surface area contributed by atoms with Gasteiger partial charge in [-0.25, -0.2) is 4.79 Å². The average molecular weight is 422 g/mol. The van der Waals surface area contributed by atoms with Crippen LogP contribution in [0, 0.1) is 0 Å². The molecule has 140 valence electrons. The number of hydrogen-bond acceptors (Lipinski definition) is 5. The van der Waals surface area contributed by atoms with Gasteiger partial charge in [-0.05, 0) is 49.7 Å². The van der Waals surface area contributed by atoms with Crippen molar-refractivity contribution in [3.05, 3.63) is 52.0 Å². The normalized spacial score (nSPS) is 10.3. The number of ether oxygens (including phenoxy) is 3. The predicted octanol–water partition coefficient (Wildman–Crippen LogP) is 5.04. The number of carbonyl (C=O) groups excluding carboxylic acids is 1. The van der Waals surface area contributed by atoms with Gasteiger partial charge in [0, 0.05) is 22.3 Å².